The van der Waals surface area contributed by atoms with E-state index in [4.69, 9.17) is 0 Å². The van der Waals surface area contributed by atoms with E-state index in [-0.39, 0.29) is 24.8 Å². The Bertz CT molecular complexity index is 622. The van der Waals surface area contributed by atoms with E-state index in [1.54, 1.807) is 0 Å². The van der Waals surface area contributed by atoms with Crippen LogP contribution >= 0.6 is 24.8 Å². The lowest BCUT2D eigenvalue weighted by molar-refractivity contribution is 0.0838. The molecule has 1 saturated carbocycles. The van der Waals surface area contributed by atoms with Crippen LogP contribution in [0, 0.1) is 5.92 Å². The third kappa shape index (κ3) is 3.83. The molecular weight excluding hydrogens is 327 g/mol. The molecule has 23 heavy (non-hydrogen) atoms. The zero-order valence-corrected chi connectivity index (χ0v) is 15.0. The number of nitrogens with zero attached hydrogens (tertiary/aromatic N) is 1. The van der Waals surface area contributed by atoms with Gasteiger partial charge in [-0.25, -0.2) is 0 Å². The molecule has 126 valence electrons. The molecule has 0 amide bonds. The van der Waals surface area contributed by atoms with Gasteiger partial charge in [0.2, 0.25) is 0 Å². The number of benzene rings is 2. The van der Waals surface area contributed by atoms with E-state index in [9.17, 15) is 0 Å². The minimum atomic E-state index is 0. The zero-order valence-electron chi connectivity index (χ0n) is 13.4. The Hall–Kier alpha value is -0.800. The molecule has 2 aromatic rings. The Morgan fingerprint density at radius 2 is 1.61 bits per heavy atom. The molecule has 1 aliphatic carbocycles. The number of halogens is 2. The molecule has 0 bridgehead atoms. The summed E-state index contributed by atoms with van der Waals surface area (Å²) in [5.74, 6) is 0.865. The Morgan fingerprint density at radius 1 is 0.913 bits per heavy atom. The van der Waals surface area contributed by atoms with Gasteiger partial charge in [-0.2, -0.15) is 0 Å². The fourth-order valence-electron chi connectivity index (χ4n) is 3.89. The van der Waals surface area contributed by atoms with Crippen molar-refractivity contribution >= 4 is 35.6 Å². The van der Waals surface area contributed by atoms with Crippen molar-refractivity contribution < 1.29 is 0 Å². The van der Waals surface area contributed by atoms with Crippen LogP contribution in [0.3, 0.4) is 0 Å². The van der Waals surface area contributed by atoms with Crippen LogP contribution in [-0.2, 0) is 0 Å². The summed E-state index contributed by atoms with van der Waals surface area (Å²) in [6.07, 6.45) is 4.23. The van der Waals surface area contributed by atoms with Gasteiger partial charge >= 0.3 is 0 Å². The summed E-state index contributed by atoms with van der Waals surface area (Å²) in [5.41, 5.74) is 1.53. The summed E-state index contributed by atoms with van der Waals surface area (Å²) in [6.45, 7) is 4.65. The number of hydrogen-bond donors (Lipinski definition) is 1. The van der Waals surface area contributed by atoms with Gasteiger partial charge in [0.15, 0.2) is 0 Å². The molecule has 2 aromatic carbocycles. The topological polar surface area (TPSA) is 15.3 Å². The second kappa shape index (κ2) is 8.34. The maximum absolute atomic E-state index is 3.48. The van der Waals surface area contributed by atoms with E-state index in [2.05, 4.69) is 52.7 Å². The van der Waals surface area contributed by atoms with Crippen molar-refractivity contribution in [2.45, 2.75) is 25.3 Å². The Kier molecular flexibility index (Phi) is 6.72. The van der Waals surface area contributed by atoms with Crippen LogP contribution in [0.1, 0.15) is 30.9 Å². The summed E-state index contributed by atoms with van der Waals surface area (Å²) in [7, 11) is 0. The number of rotatable bonds is 3. The summed E-state index contributed by atoms with van der Waals surface area (Å²) >= 11 is 0. The van der Waals surface area contributed by atoms with Crippen LogP contribution in [0.4, 0.5) is 0 Å². The van der Waals surface area contributed by atoms with Crippen LogP contribution in [0.15, 0.2) is 42.5 Å². The quantitative estimate of drug-likeness (QED) is 0.878. The van der Waals surface area contributed by atoms with Gasteiger partial charge in [-0.05, 0) is 41.2 Å². The molecule has 2 fully saturated rings. The third-order valence-electron chi connectivity index (χ3n) is 5.26. The SMILES string of the molecule is Cl.Cl.c1ccc2cc([C@H](C3CCC3)N3CCNCC3)ccc2c1. The molecule has 0 unspecified atom stereocenters. The highest BCUT2D eigenvalue weighted by Gasteiger charge is 2.33. The first-order valence-electron chi connectivity index (χ1n) is 8.35. The number of hydrogen-bond acceptors (Lipinski definition) is 2. The standard InChI is InChI=1S/C19H24N2.2ClH/c1-2-5-17-14-18(9-8-15(17)4-1)19(16-6-3-7-16)21-12-10-20-11-13-21;;/h1-2,4-5,8-9,14,16,19-20H,3,6-7,10-13H2;2*1H/t19-;;/m0../s1. The van der Waals surface area contributed by atoms with E-state index in [0.29, 0.717) is 6.04 Å². The average Bonchev–Trinajstić information content (AvgIpc) is 2.51. The van der Waals surface area contributed by atoms with Crippen molar-refractivity contribution in [2.75, 3.05) is 26.2 Å². The van der Waals surface area contributed by atoms with Gasteiger partial charge in [0, 0.05) is 32.2 Å². The Labute approximate surface area is 151 Å². The second-order valence-corrected chi connectivity index (χ2v) is 6.53. The number of nitrogens with one attached hydrogen (secondary N) is 1. The molecule has 4 rings (SSSR count). The van der Waals surface area contributed by atoms with Gasteiger partial charge in [0.05, 0.1) is 0 Å². The Morgan fingerprint density at radius 3 is 2.26 bits per heavy atom. The smallest absolute Gasteiger partial charge is 0.0377 e. The molecule has 1 aliphatic heterocycles. The first kappa shape index (κ1) is 18.5. The fraction of sp³-hybridized carbons (Fsp3) is 0.474. The minimum absolute atomic E-state index is 0. The lowest BCUT2D eigenvalue weighted by Crippen LogP contribution is -2.47. The van der Waals surface area contributed by atoms with E-state index < -0.39 is 0 Å². The molecule has 0 spiro atoms. The largest absolute Gasteiger partial charge is 0.314 e. The monoisotopic (exact) mass is 352 g/mol. The summed E-state index contributed by atoms with van der Waals surface area (Å²) in [6, 6.07) is 16.5. The molecule has 1 saturated heterocycles. The molecule has 1 N–H and O–H groups in total. The minimum Gasteiger partial charge on any atom is -0.314 e. The van der Waals surface area contributed by atoms with Crippen LogP contribution in [-0.4, -0.2) is 31.1 Å². The van der Waals surface area contributed by atoms with Gasteiger partial charge in [-0.15, -0.1) is 24.8 Å². The van der Waals surface area contributed by atoms with Gasteiger partial charge < -0.3 is 5.32 Å². The van der Waals surface area contributed by atoms with Crippen LogP contribution in [0.5, 0.6) is 0 Å². The van der Waals surface area contributed by atoms with Crippen molar-refractivity contribution in [3.63, 3.8) is 0 Å². The maximum Gasteiger partial charge on any atom is 0.0377 e. The predicted octanol–water partition coefficient (Wildman–Crippen LogP) is 4.43. The zero-order chi connectivity index (χ0) is 14.1. The normalized spacial score (nSPS) is 20.2. The highest BCUT2D eigenvalue weighted by atomic mass is 35.5. The van der Waals surface area contributed by atoms with Gasteiger partial charge in [-0.1, -0.05) is 42.8 Å². The van der Waals surface area contributed by atoms with Crippen molar-refractivity contribution in [1.29, 1.82) is 0 Å². The van der Waals surface area contributed by atoms with E-state index in [1.165, 1.54) is 48.7 Å². The van der Waals surface area contributed by atoms with Crippen molar-refractivity contribution in [1.82, 2.24) is 10.2 Å². The molecule has 0 aromatic heterocycles. The molecule has 4 heteroatoms. The van der Waals surface area contributed by atoms with E-state index in [0.717, 1.165) is 19.0 Å². The lowest BCUT2D eigenvalue weighted by atomic mass is 9.76. The summed E-state index contributed by atoms with van der Waals surface area (Å²) < 4.78 is 0. The molecule has 1 atom stereocenters. The predicted molar refractivity (Wildman–Crippen MR) is 103 cm³/mol. The highest BCUT2D eigenvalue weighted by molar-refractivity contribution is 5.85. The molecule has 2 aliphatic rings. The lowest BCUT2D eigenvalue weighted by Gasteiger charge is -2.43. The van der Waals surface area contributed by atoms with Crippen LogP contribution < -0.4 is 5.32 Å². The Balaban J connectivity index is 0.000000960. The summed E-state index contributed by atoms with van der Waals surface area (Å²) in [4.78, 5) is 2.71. The van der Waals surface area contributed by atoms with Gasteiger partial charge in [-0.3, -0.25) is 4.90 Å². The fourth-order valence-corrected chi connectivity index (χ4v) is 3.89. The van der Waals surface area contributed by atoms with Crippen molar-refractivity contribution in [3.8, 4) is 0 Å². The average molecular weight is 353 g/mol. The molecule has 2 nitrogen and oxygen atoms in total. The molecular formula is C19H26Cl2N2. The van der Waals surface area contributed by atoms with Crippen molar-refractivity contribution in [2.24, 2.45) is 5.92 Å². The number of fused-ring (bicyclic) bond motifs is 1. The van der Waals surface area contributed by atoms with Crippen LogP contribution in [0.25, 0.3) is 10.8 Å². The van der Waals surface area contributed by atoms with Gasteiger partial charge in [0.1, 0.15) is 0 Å². The third-order valence-corrected chi connectivity index (χ3v) is 5.26. The molecule has 0 radical (unpaired) electrons. The second-order valence-electron chi connectivity index (χ2n) is 6.53. The van der Waals surface area contributed by atoms with Gasteiger partial charge in [0.25, 0.3) is 0 Å². The molecule has 1 heterocycles. The van der Waals surface area contributed by atoms with Crippen LogP contribution in [0.2, 0.25) is 0 Å². The summed E-state index contributed by atoms with van der Waals surface area (Å²) in [5, 5.41) is 6.22. The first-order chi connectivity index (χ1) is 10.4. The van der Waals surface area contributed by atoms with Crippen molar-refractivity contribution in [3.05, 3.63) is 48.0 Å². The first-order valence-corrected chi connectivity index (χ1v) is 8.35. The number of piperazine rings is 1. The maximum atomic E-state index is 3.48. The highest BCUT2D eigenvalue weighted by Crippen LogP contribution is 2.42. The van der Waals surface area contributed by atoms with E-state index >= 15 is 0 Å². The van der Waals surface area contributed by atoms with E-state index in [1.807, 2.05) is 0 Å².